The van der Waals surface area contributed by atoms with Crippen molar-refractivity contribution in [2.24, 2.45) is 0 Å². The van der Waals surface area contributed by atoms with Gasteiger partial charge >= 0.3 is 5.97 Å². The zero-order chi connectivity index (χ0) is 15.0. The van der Waals surface area contributed by atoms with Crippen molar-refractivity contribution in [1.82, 2.24) is 0 Å². The van der Waals surface area contributed by atoms with Crippen molar-refractivity contribution in [3.63, 3.8) is 0 Å². The van der Waals surface area contributed by atoms with Crippen LogP contribution >= 0.6 is 0 Å². The molecular formula is C18H18O3. The van der Waals surface area contributed by atoms with Gasteiger partial charge in [-0.2, -0.15) is 0 Å². The van der Waals surface area contributed by atoms with Gasteiger partial charge in [-0.3, -0.25) is 0 Å². The number of ether oxygens (including phenoxy) is 1. The van der Waals surface area contributed by atoms with Gasteiger partial charge in [0, 0.05) is 0 Å². The number of benzene rings is 2. The highest BCUT2D eigenvalue weighted by Crippen LogP contribution is 2.32. The number of rotatable bonds is 4. The van der Waals surface area contributed by atoms with E-state index in [0.29, 0.717) is 11.7 Å². The van der Waals surface area contributed by atoms with Crippen molar-refractivity contribution in [2.45, 2.75) is 32.8 Å². The molecule has 0 heterocycles. The number of aromatic carboxylic acids is 1. The first-order chi connectivity index (χ1) is 10.0. The first-order valence-corrected chi connectivity index (χ1v) is 7.16. The summed E-state index contributed by atoms with van der Waals surface area (Å²) in [5, 5.41) is 9.29. The quantitative estimate of drug-likeness (QED) is 0.913. The third kappa shape index (κ3) is 2.92. The maximum atomic E-state index is 11.3. The summed E-state index contributed by atoms with van der Waals surface area (Å²) in [5.74, 6) is -0.0361. The molecule has 0 spiro atoms. The Bertz CT molecular complexity index is 700. The Kier molecular flexibility index (Phi) is 3.42. The number of carboxylic acids is 1. The molecule has 1 fully saturated rings. The van der Waals surface area contributed by atoms with E-state index < -0.39 is 5.97 Å². The fraction of sp³-hybridized carbons (Fsp3) is 0.278. The standard InChI is InChI=1S/C18H18O3/c1-11-8-12(2)17(18(19)20)10-16(11)13-4-3-5-15(9-13)21-14-6-7-14/h3-5,8-10,14H,6-7H2,1-2H3,(H,19,20). The van der Waals surface area contributed by atoms with Crippen LogP contribution in [0.25, 0.3) is 11.1 Å². The van der Waals surface area contributed by atoms with Gasteiger partial charge < -0.3 is 9.84 Å². The number of hydrogen-bond acceptors (Lipinski definition) is 2. The molecule has 1 aliphatic carbocycles. The van der Waals surface area contributed by atoms with Crippen molar-refractivity contribution >= 4 is 5.97 Å². The largest absolute Gasteiger partial charge is 0.490 e. The lowest BCUT2D eigenvalue weighted by atomic mass is 9.95. The average molecular weight is 282 g/mol. The highest BCUT2D eigenvalue weighted by atomic mass is 16.5. The average Bonchev–Trinajstić information content (AvgIpc) is 3.22. The molecule has 0 aliphatic heterocycles. The molecule has 21 heavy (non-hydrogen) atoms. The summed E-state index contributed by atoms with van der Waals surface area (Å²) < 4.78 is 5.81. The molecule has 3 nitrogen and oxygen atoms in total. The lowest BCUT2D eigenvalue weighted by molar-refractivity contribution is 0.0696. The molecule has 3 heteroatoms. The van der Waals surface area contributed by atoms with Gasteiger partial charge in [0.15, 0.2) is 0 Å². The fourth-order valence-corrected chi connectivity index (χ4v) is 2.51. The summed E-state index contributed by atoms with van der Waals surface area (Å²) in [6, 6.07) is 11.6. The molecule has 0 radical (unpaired) electrons. The van der Waals surface area contributed by atoms with Gasteiger partial charge in [-0.15, -0.1) is 0 Å². The molecule has 1 aliphatic rings. The highest BCUT2D eigenvalue weighted by Gasteiger charge is 2.23. The monoisotopic (exact) mass is 282 g/mol. The number of carboxylic acid groups (broad SMARTS) is 1. The van der Waals surface area contributed by atoms with E-state index in [1.165, 1.54) is 0 Å². The Morgan fingerprint density at radius 1 is 1.14 bits per heavy atom. The predicted molar refractivity (Wildman–Crippen MR) is 82.0 cm³/mol. The SMILES string of the molecule is Cc1cc(C)c(-c2cccc(OC3CC3)c2)cc1C(=O)O. The maximum Gasteiger partial charge on any atom is 0.335 e. The molecule has 2 aromatic rings. The molecule has 0 amide bonds. The van der Waals surface area contributed by atoms with Crippen LogP contribution in [0.1, 0.15) is 34.3 Å². The van der Waals surface area contributed by atoms with Crippen LogP contribution in [0.3, 0.4) is 0 Å². The molecule has 0 unspecified atom stereocenters. The first-order valence-electron chi connectivity index (χ1n) is 7.16. The highest BCUT2D eigenvalue weighted by molar-refractivity contribution is 5.91. The minimum atomic E-state index is -0.890. The van der Waals surface area contributed by atoms with E-state index in [2.05, 4.69) is 0 Å². The van der Waals surface area contributed by atoms with Crippen LogP contribution < -0.4 is 4.74 Å². The van der Waals surface area contributed by atoms with Crippen LogP contribution in [-0.4, -0.2) is 17.2 Å². The minimum absolute atomic E-state index is 0.351. The summed E-state index contributed by atoms with van der Waals surface area (Å²) >= 11 is 0. The summed E-state index contributed by atoms with van der Waals surface area (Å²) in [5.41, 5.74) is 4.15. The Balaban J connectivity index is 2.02. The smallest absolute Gasteiger partial charge is 0.335 e. The van der Waals surface area contributed by atoms with E-state index in [9.17, 15) is 9.90 Å². The minimum Gasteiger partial charge on any atom is -0.490 e. The second-order valence-electron chi connectivity index (χ2n) is 5.63. The van der Waals surface area contributed by atoms with Gasteiger partial charge in [0.1, 0.15) is 5.75 Å². The Labute approximate surface area is 124 Å². The third-order valence-electron chi connectivity index (χ3n) is 3.77. The van der Waals surface area contributed by atoms with Crippen molar-refractivity contribution in [2.75, 3.05) is 0 Å². The lowest BCUT2D eigenvalue weighted by Crippen LogP contribution is -2.01. The zero-order valence-electron chi connectivity index (χ0n) is 12.2. The van der Waals surface area contributed by atoms with Gasteiger partial charge in [0.05, 0.1) is 11.7 Å². The maximum absolute atomic E-state index is 11.3. The predicted octanol–water partition coefficient (Wildman–Crippen LogP) is 4.21. The van der Waals surface area contributed by atoms with E-state index >= 15 is 0 Å². The molecule has 0 aromatic heterocycles. The fourth-order valence-electron chi connectivity index (χ4n) is 2.51. The van der Waals surface area contributed by atoms with Crippen LogP contribution in [0.2, 0.25) is 0 Å². The van der Waals surface area contributed by atoms with E-state index in [1.54, 1.807) is 6.07 Å². The first kappa shape index (κ1) is 13.7. The number of hydrogen-bond donors (Lipinski definition) is 1. The number of carbonyl (C=O) groups is 1. The van der Waals surface area contributed by atoms with Crippen LogP contribution in [0, 0.1) is 13.8 Å². The molecule has 3 rings (SSSR count). The van der Waals surface area contributed by atoms with Crippen LogP contribution in [0.5, 0.6) is 5.75 Å². The second kappa shape index (κ2) is 5.24. The van der Waals surface area contributed by atoms with Crippen molar-refractivity contribution < 1.29 is 14.6 Å². The molecule has 1 N–H and O–H groups in total. The van der Waals surface area contributed by atoms with Gasteiger partial charge in [-0.25, -0.2) is 4.79 Å². The van der Waals surface area contributed by atoms with E-state index in [4.69, 9.17) is 4.74 Å². The topological polar surface area (TPSA) is 46.5 Å². The Morgan fingerprint density at radius 3 is 2.57 bits per heavy atom. The number of aryl methyl sites for hydroxylation is 2. The normalized spacial score (nSPS) is 14.0. The lowest BCUT2D eigenvalue weighted by Gasteiger charge is -2.12. The van der Waals surface area contributed by atoms with Gasteiger partial charge in [0.2, 0.25) is 0 Å². The Morgan fingerprint density at radius 2 is 1.90 bits per heavy atom. The summed E-state index contributed by atoms with van der Waals surface area (Å²) in [6.07, 6.45) is 2.60. The molecular weight excluding hydrogens is 264 g/mol. The Hall–Kier alpha value is -2.29. The summed E-state index contributed by atoms with van der Waals surface area (Å²) in [7, 11) is 0. The van der Waals surface area contributed by atoms with Gasteiger partial charge in [-0.05, 0) is 67.1 Å². The van der Waals surface area contributed by atoms with Crippen LogP contribution in [0.4, 0.5) is 0 Å². The van der Waals surface area contributed by atoms with Crippen molar-refractivity contribution in [3.05, 3.63) is 53.1 Å². The van der Waals surface area contributed by atoms with Crippen LogP contribution in [-0.2, 0) is 0 Å². The van der Waals surface area contributed by atoms with Crippen molar-refractivity contribution in [1.29, 1.82) is 0 Å². The van der Waals surface area contributed by atoms with Crippen LogP contribution in [0.15, 0.2) is 36.4 Å². The van der Waals surface area contributed by atoms with E-state index in [0.717, 1.165) is 40.8 Å². The molecule has 0 bridgehead atoms. The molecule has 0 saturated heterocycles. The molecule has 2 aromatic carbocycles. The van der Waals surface area contributed by atoms with Crippen molar-refractivity contribution in [3.8, 4) is 16.9 Å². The van der Waals surface area contributed by atoms with Gasteiger partial charge in [0.25, 0.3) is 0 Å². The zero-order valence-corrected chi connectivity index (χ0v) is 12.2. The third-order valence-corrected chi connectivity index (χ3v) is 3.77. The van der Waals surface area contributed by atoms with Gasteiger partial charge in [-0.1, -0.05) is 18.2 Å². The molecule has 1 saturated carbocycles. The molecule has 108 valence electrons. The summed E-state index contributed by atoms with van der Waals surface area (Å²) in [6.45, 7) is 3.83. The summed E-state index contributed by atoms with van der Waals surface area (Å²) in [4.78, 5) is 11.3. The van der Waals surface area contributed by atoms with E-state index in [-0.39, 0.29) is 0 Å². The van der Waals surface area contributed by atoms with E-state index in [1.807, 2.05) is 44.2 Å². The molecule has 0 atom stereocenters. The second-order valence-corrected chi connectivity index (χ2v) is 5.63.